The van der Waals surface area contributed by atoms with Crippen LogP contribution in [0, 0.1) is 5.92 Å². The van der Waals surface area contributed by atoms with Gasteiger partial charge in [0.1, 0.15) is 11.8 Å². The van der Waals surface area contributed by atoms with E-state index in [1.54, 1.807) is 23.0 Å². The molecular formula is C25H28N4O4. The van der Waals surface area contributed by atoms with Gasteiger partial charge in [0.05, 0.1) is 24.9 Å². The maximum atomic E-state index is 13.5. The summed E-state index contributed by atoms with van der Waals surface area (Å²) in [5, 5.41) is 6.20. The van der Waals surface area contributed by atoms with E-state index in [0.29, 0.717) is 24.3 Å². The number of piperidine rings is 1. The third kappa shape index (κ3) is 4.06. The molecule has 2 N–H and O–H groups in total. The van der Waals surface area contributed by atoms with E-state index in [1.165, 1.54) is 0 Å². The summed E-state index contributed by atoms with van der Waals surface area (Å²) in [4.78, 5) is 42.9. The molecule has 0 aliphatic carbocycles. The first-order valence-corrected chi connectivity index (χ1v) is 11.4. The van der Waals surface area contributed by atoms with Crippen LogP contribution >= 0.6 is 0 Å². The molecule has 2 fully saturated rings. The van der Waals surface area contributed by atoms with Crippen LogP contribution in [0.3, 0.4) is 0 Å². The lowest BCUT2D eigenvalue weighted by Gasteiger charge is -2.41. The Hall–Kier alpha value is -3.39. The van der Waals surface area contributed by atoms with E-state index in [0.717, 1.165) is 42.8 Å². The number of hydrogen-bond donors (Lipinski definition) is 2. The van der Waals surface area contributed by atoms with Crippen molar-refractivity contribution in [1.29, 1.82) is 0 Å². The Labute approximate surface area is 192 Å². The lowest BCUT2D eigenvalue weighted by molar-refractivity contribution is -0.140. The fraction of sp³-hybridized carbons (Fsp3) is 0.400. The highest BCUT2D eigenvalue weighted by Crippen LogP contribution is 2.31. The van der Waals surface area contributed by atoms with Crippen molar-refractivity contribution in [2.24, 2.45) is 5.92 Å². The van der Waals surface area contributed by atoms with Crippen LogP contribution in [0.25, 0.3) is 11.1 Å². The van der Waals surface area contributed by atoms with Crippen LogP contribution in [-0.2, 0) is 9.59 Å². The molecule has 0 unspecified atom stereocenters. The van der Waals surface area contributed by atoms with Gasteiger partial charge in [-0.1, -0.05) is 18.2 Å². The van der Waals surface area contributed by atoms with Crippen molar-refractivity contribution < 1.29 is 19.1 Å². The van der Waals surface area contributed by atoms with Gasteiger partial charge in [0, 0.05) is 19.0 Å². The van der Waals surface area contributed by atoms with Crippen molar-refractivity contribution >= 4 is 23.4 Å². The summed E-state index contributed by atoms with van der Waals surface area (Å²) >= 11 is 0. The second-order valence-electron chi connectivity index (χ2n) is 8.80. The molecule has 2 aromatic rings. The zero-order chi connectivity index (χ0) is 22.9. The number of methoxy groups -OCH3 is 1. The van der Waals surface area contributed by atoms with Gasteiger partial charge in [-0.05, 0) is 61.3 Å². The molecular weight excluding hydrogens is 420 g/mol. The predicted octanol–water partition coefficient (Wildman–Crippen LogP) is 1.97. The summed E-state index contributed by atoms with van der Waals surface area (Å²) < 4.78 is 5.22. The largest absolute Gasteiger partial charge is 0.497 e. The van der Waals surface area contributed by atoms with Crippen LogP contribution in [0.2, 0.25) is 0 Å². The van der Waals surface area contributed by atoms with Crippen molar-refractivity contribution in [3.63, 3.8) is 0 Å². The minimum absolute atomic E-state index is 0.00778. The van der Waals surface area contributed by atoms with Crippen LogP contribution in [0.5, 0.6) is 5.75 Å². The van der Waals surface area contributed by atoms with Gasteiger partial charge in [-0.25, -0.2) is 0 Å². The minimum atomic E-state index is -0.686. The van der Waals surface area contributed by atoms with Crippen LogP contribution < -0.4 is 15.4 Å². The maximum absolute atomic E-state index is 13.5. The Kier molecular flexibility index (Phi) is 5.76. The molecule has 8 nitrogen and oxygen atoms in total. The highest BCUT2D eigenvalue weighted by molar-refractivity contribution is 6.10. The highest BCUT2D eigenvalue weighted by Gasteiger charge is 2.41. The number of anilines is 1. The summed E-state index contributed by atoms with van der Waals surface area (Å²) in [7, 11) is 1.62. The van der Waals surface area contributed by atoms with Crippen molar-refractivity contribution in [3.8, 4) is 16.9 Å². The third-order valence-electron chi connectivity index (χ3n) is 6.88. The van der Waals surface area contributed by atoms with E-state index in [9.17, 15) is 14.4 Å². The number of amides is 3. The quantitative estimate of drug-likeness (QED) is 0.749. The molecule has 3 amide bonds. The summed E-state index contributed by atoms with van der Waals surface area (Å²) in [5.41, 5.74) is 2.82. The number of carbonyl (C=O) groups is 3. The van der Waals surface area contributed by atoms with E-state index in [2.05, 4.69) is 10.6 Å². The second-order valence-corrected chi connectivity index (χ2v) is 8.80. The fourth-order valence-corrected chi connectivity index (χ4v) is 4.94. The zero-order valence-electron chi connectivity index (χ0n) is 18.7. The number of hydrogen-bond acceptors (Lipinski definition) is 5. The fourth-order valence-electron chi connectivity index (χ4n) is 4.94. The number of fused-ring (bicyclic) bond motifs is 2. The average Bonchev–Trinajstić information content (AvgIpc) is 2.98. The standard InChI is InChI=1S/C25H28N4O4/c1-33-19-5-2-16(3-6-19)18-4-7-21-20(14-18)25(32)29-13-12-28(15-22(29)23(30)27-21)24(31)17-8-10-26-11-9-17/h2-7,14,17,22,26H,8-13,15H2,1H3,(H,27,30)/t22-/m1/s1. The summed E-state index contributed by atoms with van der Waals surface area (Å²) in [6.45, 7) is 2.71. The zero-order valence-corrected chi connectivity index (χ0v) is 18.7. The maximum Gasteiger partial charge on any atom is 0.256 e. The first-order valence-electron chi connectivity index (χ1n) is 11.4. The molecule has 3 aliphatic heterocycles. The Morgan fingerprint density at radius 1 is 1.00 bits per heavy atom. The number of piperazine rings is 1. The molecule has 1 atom stereocenters. The van der Waals surface area contributed by atoms with Gasteiger partial charge in [0.2, 0.25) is 11.8 Å². The number of carbonyl (C=O) groups excluding carboxylic acids is 3. The van der Waals surface area contributed by atoms with Gasteiger partial charge in [-0.15, -0.1) is 0 Å². The molecule has 172 valence electrons. The van der Waals surface area contributed by atoms with Crippen molar-refractivity contribution in [2.45, 2.75) is 18.9 Å². The number of rotatable bonds is 3. The predicted molar refractivity (Wildman–Crippen MR) is 124 cm³/mol. The first-order chi connectivity index (χ1) is 16.0. The van der Waals surface area contributed by atoms with Gasteiger partial charge in [0.25, 0.3) is 5.91 Å². The molecule has 0 spiro atoms. The van der Waals surface area contributed by atoms with Crippen molar-refractivity contribution in [3.05, 3.63) is 48.0 Å². The lowest BCUT2D eigenvalue weighted by Crippen LogP contribution is -2.60. The summed E-state index contributed by atoms with van der Waals surface area (Å²) in [6.07, 6.45) is 1.63. The lowest BCUT2D eigenvalue weighted by atomic mass is 9.95. The van der Waals surface area contributed by atoms with E-state index in [4.69, 9.17) is 4.74 Å². The molecule has 0 aromatic heterocycles. The molecule has 3 heterocycles. The van der Waals surface area contributed by atoms with E-state index >= 15 is 0 Å². The monoisotopic (exact) mass is 448 g/mol. The van der Waals surface area contributed by atoms with Gasteiger partial charge >= 0.3 is 0 Å². The smallest absolute Gasteiger partial charge is 0.256 e. The number of benzene rings is 2. The van der Waals surface area contributed by atoms with E-state index in [-0.39, 0.29) is 30.2 Å². The van der Waals surface area contributed by atoms with E-state index in [1.807, 2.05) is 36.4 Å². The second kappa shape index (κ2) is 8.86. The van der Waals surface area contributed by atoms with Gasteiger partial charge in [-0.2, -0.15) is 0 Å². The average molecular weight is 449 g/mol. The Bertz CT molecular complexity index is 1080. The molecule has 3 aliphatic rings. The van der Waals surface area contributed by atoms with Crippen LogP contribution in [-0.4, -0.2) is 73.4 Å². The minimum Gasteiger partial charge on any atom is -0.497 e. The molecule has 33 heavy (non-hydrogen) atoms. The van der Waals surface area contributed by atoms with Crippen LogP contribution in [0.15, 0.2) is 42.5 Å². The van der Waals surface area contributed by atoms with Crippen molar-refractivity contribution in [2.75, 3.05) is 45.2 Å². The van der Waals surface area contributed by atoms with Gasteiger partial charge in [-0.3, -0.25) is 14.4 Å². The number of nitrogens with zero attached hydrogens (tertiary/aromatic N) is 2. The van der Waals surface area contributed by atoms with E-state index < -0.39 is 6.04 Å². The SMILES string of the molecule is COc1ccc(-c2ccc3c(c2)C(=O)N2CCN(C(=O)C4CCNCC4)C[C@@H]2C(=O)N3)cc1. The number of nitrogens with one attached hydrogen (secondary N) is 2. The van der Waals surface area contributed by atoms with Crippen LogP contribution in [0.4, 0.5) is 5.69 Å². The molecule has 5 rings (SSSR count). The third-order valence-corrected chi connectivity index (χ3v) is 6.88. The topological polar surface area (TPSA) is 91.0 Å². The Morgan fingerprint density at radius 3 is 2.45 bits per heavy atom. The van der Waals surface area contributed by atoms with Crippen LogP contribution in [0.1, 0.15) is 23.2 Å². The summed E-state index contributed by atoms with van der Waals surface area (Å²) in [5.74, 6) is 0.419. The first kappa shape index (κ1) is 21.5. The normalized spacial score (nSPS) is 21.1. The van der Waals surface area contributed by atoms with Gasteiger partial charge in [0.15, 0.2) is 0 Å². The number of ether oxygens (including phenoxy) is 1. The molecule has 0 radical (unpaired) electrons. The summed E-state index contributed by atoms with van der Waals surface area (Å²) in [6, 6.07) is 12.4. The van der Waals surface area contributed by atoms with Gasteiger partial charge < -0.3 is 25.2 Å². The molecule has 2 saturated heterocycles. The molecule has 0 bridgehead atoms. The highest BCUT2D eigenvalue weighted by atomic mass is 16.5. The molecule has 2 aromatic carbocycles. The Balaban J connectivity index is 1.38. The molecule has 8 heteroatoms. The van der Waals surface area contributed by atoms with Crippen molar-refractivity contribution in [1.82, 2.24) is 15.1 Å². The Morgan fingerprint density at radius 2 is 1.73 bits per heavy atom. The molecule has 0 saturated carbocycles.